The molecule has 37 heavy (non-hydrogen) atoms. The average Bonchev–Trinajstić information content (AvgIpc) is 2.86. The van der Waals surface area contributed by atoms with Crippen molar-refractivity contribution in [3.8, 4) is 0 Å². The summed E-state index contributed by atoms with van der Waals surface area (Å²) in [5.41, 5.74) is 1.60. The zero-order chi connectivity index (χ0) is 27.2. The molecule has 0 heterocycles. The second kappa shape index (κ2) is 12.4. The lowest BCUT2D eigenvalue weighted by atomic mass is 10.1. The minimum atomic E-state index is -4.13. The Balaban J connectivity index is 2.05. The Kier molecular flexibility index (Phi) is 9.59. The van der Waals surface area contributed by atoms with Crippen LogP contribution in [0.2, 0.25) is 10.0 Å². The van der Waals surface area contributed by atoms with Gasteiger partial charge in [-0.3, -0.25) is 13.9 Å². The van der Waals surface area contributed by atoms with Crippen molar-refractivity contribution in [3.63, 3.8) is 0 Å². The van der Waals surface area contributed by atoms with E-state index in [1.54, 1.807) is 81.4 Å². The molecule has 3 aromatic rings. The summed E-state index contributed by atoms with van der Waals surface area (Å²) in [6, 6.07) is 18.8. The molecule has 196 valence electrons. The zero-order valence-corrected chi connectivity index (χ0v) is 23.1. The third kappa shape index (κ3) is 7.03. The monoisotopic (exact) mass is 561 g/mol. The van der Waals surface area contributed by atoms with Gasteiger partial charge >= 0.3 is 0 Å². The van der Waals surface area contributed by atoms with Crippen molar-refractivity contribution in [3.05, 3.63) is 94.0 Å². The van der Waals surface area contributed by atoms with E-state index in [0.29, 0.717) is 33.4 Å². The Labute approximate surface area is 228 Å². The molecule has 3 aromatic carbocycles. The van der Waals surface area contributed by atoms with Crippen molar-refractivity contribution in [1.82, 2.24) is 10.2 Å². The summed E-state index contributed by atoms with van der Waals surface area (Å²) in [5.74, 6) is -0.898. The number of hydrogen-bond acceptors (Lipinski definition) is 4. The van der Waals surface area contributed by atoms with Crippen molar-refractivity contribution >= 4 is 50.7 Å². The largest absolute Gasteiger partial charge is 0.355 e. The Morgan fingerprint density at radius 2 is 1.62 bits per heavy atom. The molecule has 0 aliphatic carbocycles. The summed E-state index contributed by atoms with van der Waals surface area (Å²) in [7, 11) is -4.13. The number of amides is 2. The molecule has 1 atom stereocenters. The molecule has 0 aliphatic heterocycles. The zero-order valence-electron chi connectivity index (χ0n) is 20.8. The average molecular weight is 563 g/mol. The van der Waals surface area contributed by atoms with Gasteiger partial charge in [-0.15, -0.1) is 0 Å². The van der Waals surface area contributed by atoms with Gasteiger partial charge in [0.2, 0.25) is 11.8 Å². The van der Waals surface area contributed by atoms with Crippen LogP contribution in [0.4, 0.5) is 5.69 Å². The van der Waals surface area contributed by atoms with Crippen molar-refractivity contribution < 1.29 is 18.0 Å². The first-order valence-corrected chi connectivity index (χ1v) is 13.9. The molecule has 3 rings (SSSR count). The number of nitrogens with zero attached hydrogens (tertiary/aromatic N) is 2. The number of carbonyl (C=O) groups is 2. The maximum atomic E-state index is 13.8. The second-order valence-electron chi connectivity index (χ2n) is 8.48. The van der Waals surface area contributed by atoms with Crippen LogP contribution in [-0.4, -0.2) is 44.3 Å². The number of anilines is 1. The van der Waals surface area contributed by atoms with Crippen LogP contribution in [0.3, 0.4) is 0 Å². The van der Waals surface area contributed by atoms with E-state index in [1.165, 1.54) is 17.0 Å². The lowest BCUT2D eigenvalue weighted by Crippen LogP contribution is -2.51. The molecule has 0 unspecified atom stereocenters. The van der Waals surface area contributed by atoms with E-state index in [1.807, 2.05) is 0 Å². The number of rotatable bonds is 10. The first-order chi connectivity index (χ1) is 17.5. The minimum absolute atomic E-state index is 0.0373. The number of aryl methyl sites for hydroxylation is 1. The first-order valence-electron chi connectivity index (χ1n) is 11.7. The molecule has 7 nitrogen and oxygen atoms in total. The fourth-order valence-electron chi connectivity index (χ4n) is 3.87. The summed E-state index contributed by atoms with van der Waals surface area (Å²) in [5, 5.41) is 3.66. The number of nitrogens with one attached hydrogen (secondary N) is 1. The van der Waals surface area contributed by atoms with Crippen LogP contribution >= 0.6 is 23.2 Å². The molecule has 10 heteroatoms. The predicted molar refractivity (Wildman–Crippen MR) is 147 cm³/mol. The van der Waals surface area contributed by atoms with Crippen molar-refractivity contribution in [1.29, 1.82) is 0 Å². The summed E-state index contributed by atoms with van der Waals surface area (Å²) in [6.07, 6.45) is 0. The maximum absolute atomic E-state index is 13.8. The van der Waals surface area contributed by atoms with Gasteiger partial charge in [0.1, 0.15) is 12.6 Å². The molecular formula is C27H29Cl2N3O4S. The number of carbonyl (C=O) groups excluding carboxylic acids is 2. The topological polar surface area (TPSA) is 86.8 Å². The highest BCUT2D eigenvalue weighted by molar-refractivity contribution is 7.92. The van der Waals surface area contributed by atoms with E-state index in [4.69, 9.17) is 23.2 Å². The van der Waals surface area contributed by atoms with Gasteiger partial charge < -0.3 is 10.2 Å². The molecule has 0 spiro atoms. The van der Waals surface area contributed by atoms with Crippen molar-refractivity contribution in [2.24, 2.45) is 0 Å². The fourth-order valence-corrected chi connectivity index (χ4v) is 5.81. The standard InChI is InChI=1S/C27H29Cl2N3O4S/c1-4-30-27(34)20(3)31(17-21-9-8-10-22(28)16-21)26(33)18-32(25-14-13-23(29)15-19(25)2)37(35,36)24-11-6-5-7-12-24/h5-16,20H,4,17-18H2,1-3H3,(H,30,34)/t20-/m0/s1. The fraction of sp³-hybridized carbons (Fsp3) is 0.259. The Morgan fingerprint density at radius 1 is 0.946 bits per heavy atom. The lowest BCUT2D eigenvalue weighted by Gasteiger charge is -2.32. The molecule has 1 N–H and O–H groups in total. The second-order valence-corrected chi connectivity index (χ2v) is 11.2. The minimum Gasteiger partial charge on any atom is -0.355 e. The Morgan fingerprint density at radius 3 is 2.24 bits per heavy atom. The van der Waals surface area contributed by atoms with Crippen LogP contribution in [-0.2, 0) is 26.2 Å². The van der Waals surface area contributed by atoms with Crippen LogP contribution in [0, 0.1) is 6.92 Å². The predicted octanol–water partition coefficient (Wildman–Crippen LogP) is 5.05. The van der Waals surface area contributed by atoms with Gasteiger partial charge in [0.05, 0.1) is 10.6 Å². The third-order valence-corrected chi connectivity index (χ3v) is 8.04. The lowest BCUT2D eigenvalue weighted by molar-refractivity contribution is -0.139. The maximum Gasteiger partial charge on any atom is 0.264 e. The van der Waals surface area contributed by atoms with Gasteiger partial charge in [0, 0.05) is 23.1 Å². The number of halogens is 2. The molecule has 0 saturated carbocycles. The summed E-state index contributed by atoms with van der Waals surface area (Å²) in [4.78, 5) is 27.9. The first kappa shape index (κ1) is 28.5. The highest BCUT2D eigenvalue weighted by atomic mass is 35.5. The molecule has 0 fully saturated rings. The van der Waals surface area contributed by atoms with Gasteiger partial charge in [0.25, 0.3) is 10.0 Å². The van der Waals surface area contributed by atoms with E-state index in [0.717, 1.165) is 4.31 Å². The summed E-state index contributed by atoms with van der Waals surface area (Å²) < 4.78 is 28.6. The van der Waals surface area contributed by atoms with E-state index < -0.39 is 28.5 Å². The van der Waals surface area contributed by atoms with E-state index in [9.17, 15) is 18.0 Å². The molecule has 0 aromatic heterocycles. The SMILES string of the molecule is CCNC(=O)[C@H](C)N(Cc1cccc(Cl)c1)C(=O)CN(c1ccc(Cl)cc1C)S(=O)(=O)c1ccccc1. The smallest absolute Gasteiger partial charge is 0.264 e. The van der Waals surface area contributed by atoms with Crippen LogP contribution in [0.5, 0.6) is 0 Å². The van der Waals surface area contributed by atoms with Gasteiger partial charge in [-0.25, -0.2) is 8.42 Å². The van der Waals surface area contributed by atoms with E-state index in [-0.39, 0.29) is 17.3 Å². The molecule has 0 radical (unpaired) electrons. The van der Waals surface area contributed by atoms with Crippen LogP contribution in [0.25, 0.3) is 0 Å². The number of benzene rings is 3. The van der Waals surface area contributed by atoms with Crippen molar-refractivity contribution in [2.75, 3.05) is 17.4 Å². The molecule has 0 saturated heterocycles. The van der Waals surface area contributed by atoms with Crippen molar-refractivity contribution in [2.45, 2.75) is 38.3 Å². The molecule has 2 amide bonds. The van der Waals surface area contributed by atoms with Gasteiger partial charge in [-0.1, -0.05) is 53.5 Å². The van der Waals surface area contributed by atoms with Crippen LogP contribution in [0.1, 0.15) is 25.0 Å². The van der Waals surface area contributed by atoms with E-state index in [2.05, 4.69) is 5.32 Å². The molecule has 0 bridgehead atoms. The Hall–Kier alpha value is -3.07. The van der Waals surface area contributed by atoms with Crippen LogP contribution < -0.4 is 9.62 Å². The number of likely N-dealkylation sites (N-methyl/N-ethyl adjacent to an activating group) is 1. The quantitative estimate of drug-likeness (QED) is 0.375. The summed E-state index contributed by atoms with van der Waals surface area (Å²) in [6.45, 7) is 5.05. The summed E-state index contributed by atoms with van der Waals surface area (Å²) >= 11 is 12.3. The highest BCUT2D eigenvalue weighted by Crippen LogP contribution is 2.29. The van der Waals surface area contributed by atoms with Gasteiger partial charge in [0.15, 0.2) is 0 Å². The van der Waals surface area contributed by atoms with Crippen LogP contribution in [0.15, 0.2) is 77.7 Å². The highest BCUT2D eigenvalue weighted by Gasteiger charge is 2.33. The normalized spacial score (nSPS) is 12.0. The van der Waals surface area contributed by atoms with Gasteiger partial charge in [-0.05, 0) is 74.4 Å². The number of sulfonamides is 1. The third-order valence-electron chi connectivity index (χ3n) is 5.80. The van der Waals surface area contributed by atoms with E-state index >= 15 is 0 Å². The molecule has 0 aliphatic rings. The van der Waals surface area contributed by atoms with Gasteiger partial charge in [-0.2, -0.15) is 0 Å². The Bertz CT molecular complexity index is 1370. The number of hydrogen-bond donors (Lipinski definition) is 1. The molecular weight excluding hydrogens is 533 g/mol.